The van der Waals surface area contributed by atoms with Gasteiger partial charge >= 0.3 is 5.97 Å². The van der Waals surface area contributed by atoms with Crippen molar-refractivity contribution in [3.05, 3.63) is 24.0 Å². The smallest absolute Gasteiger partial charge is 0.317 e. The van der Waals surface area contributed by atoms with Gasteiger partial charge in [-0.2, -0.15) is 0 Å². The number of carbonyl (C=O) groups is 2. The van der Waals surface area contributed by atoms with Crippen LogP contribution in [0.3, 0.4) is 0 Å². The Hall–Kier alpha value is -1.56. The van der Waals surface area contributed by atoms with Crippen molar-refractivity contribution in [2.24, 2.45) is 5.92 Å². The van der Waals surface area contributed by atoms with Gasteiger partial charge in [0.1, 0.15) is 10.9 Å². The lowest BCUT2D eigenvalue weighted by Crippen LogP contribution is -2.24. The second kappa shape index (κ2) is 7.13. The molecule has 5 nitrogen and oxygen atoms in total. The van der Waals surface area contributed by atoms with Crippen LogP contribution < -0.4 is 5.32 Å². The summed E-state index contributed by atoms with van der Waals surface area (Å²) in [7, 11) is 0. The first-order chi connectivity index (χ1) is 8.95. The second-order valence-electron chi connectivity index (χ2n) is 4.36. The second-order valence-corrected chi connectivity index (χ2v) is 5.57. The number of pyridine rings is 1. The van der Waals surface area contributed by atoms with E-state index in [1.54, 1.807) is 12.1 Å². The molecule has 1 rings (SSSR count). The number of hydrogen-bond acceptors (Lipinski definition) is 4. The molecule has 2 N–H and O–H groups in total. The zero-order valence-electron chi connectivity index (χ0n) is 11.2. The van der Waals surface area contributed by atoms with Crippen LogP contribution in [0.25, 0.3) is 0 Å². The van der Waals surface area contributed by atoms with Crippen LogP contribution in [0.2, 0.25) is 0 Å². The molecular formula is C13H18N2O3S. The number of amides is 1. The van der Waals surface area contributed by atoms with Crippen molar-refractivity contribution >= 4 is 23.6 Å². The molecule has 0 aliphatic rings. The van der Waals surface area contributed by atoms with E-state index in [0.717, 1.165) is 4.90 Å². The molecule has 6 heteroatoms. The molecule has 1 unspecified atom stereocenters. The molecule has 0 aliphatic carbocycles. The molecule has 0 spiro atoms. The molecule has 1 atom stereocenters. The van der Waals surface area contributed by atoms with Crippen molar-refractivity contribution in [1.82, 2.24) is 10.3 Å². The van der Waals surface area contributed by atoms with Crippen LogP contribution in [0.15, 0.2) is 23.2 Å². The Morgan fingerprint density at radius 2 is 2.16 bits per heavy atom. The first-order valence-corrected chi connectivity index (χ1v) is 6.97. The topological polar surface area (TPSA) is 79.3 Å². The molecule has 0 saturated carbocycles. The monoisotopic (exact) mass is 282 g/mol. The molecular weight excluding hydrogens is 264 g/mol. The number of nitrogens with one attached hydrogen (secondary N) is 1. The number of rotatable bonds is 6. The van der Waals surface area contributed by atoms with E-state index in [1.165, 1.54) is 18.0 Å². The van der Waals surface area contributed by atoms with Crippen LogP contribution in [-0.2, 0) is 4.79 Å². The van der Waals surface area contributed by atoms with Gasteiger partial charge in [0.25, 0.3) is 5.91 Å². The first-order valence-electron chi connectivity index (χ1n) is 6.09. The lowest BCUT2D eigenvalue weighted by atomic mass is 10.1. The van der Waals surface area contributed by atoms with Gasteiger partial charge in [-0.05, 0) is 25.0 Å². The third-order valence-electron chi connectivity index (χ3n) is 2.41. The highest BCUT2D eigenvalue weighted by Gasteiger charge is 2.23. The minimum atomic E-state index is -0.851. The summed E-state index contributed by atoms with van der Waals surface area (Å²) >= 11 is 1.24. The number of aromatic nitrogens is 1. The summed E-state index contributed by atoms with van der Waals surface area (Å²) in [6, 6.07) is 3.33. The zero-order chi connectivity index (χ0) is 14.4. The molecule has 1 heterocycles. The van der Waals surface area contributed by atoms with E-state index in [9.17, 15) is 9.59 Å². The minimum absolute atomic E-state index is 0.00332. The lowest BCUT2D eigenvalue weighted by molar-refractivity contribution is -0.137. The molecule has 0 fully saturated rings. The third-order valence-corrected chi connectivity index (χ3v) is 3.94. The van der Waals surface area contributed by atoms with Gasteiger partial charge in [-0.3, -0.25) is 14.6 Å². The minimum Gasteiger partial charge on any atom is -0.480 e. The van der Waals surface area contributed by atoms with Crippen molar-refractivity contribution in [2.75, 3.05) is 6.54 Å². The first kappa shape index (κ1) is 15.5. The fourth-order valence-electron chi connectivity index (χ4n) is 1.48. The summed E-state index contributed by atoms with van der Waals surface area (Å²) in [4.78, 5) is 27.5. The third kappa shape index (κ3) is 4.55. The van der Waals surface area contributed by atoms with E-state index < -0.39 is 11.2 Å². The van der Waals surface area contributed by atoms with Crippen molar-refractivity contribution in [3.63, 3.8) is 0 Å². The standard InChI is InChI=1S/C13H18N2O3S/c1-4-14-12(16)10-7-9(5-6-15-10)19-11(8(2)3)13(17)18/h5-8,11H,4H2,1-3H3,(H,14,16)(H,17,18). The SMILES string of the molecule is CCNC(=O)c1cc(SC(C(=O)O)C(C)C)ccn1. The van der Waals surface area contributed by atoms with Crippen LogP contribution in [0.1, 0.15) is 31.3 Å². The van der Waals surface area contributed by atoms with Crippen molar-refractivity contribution in [3.8, 4) is 0 Å². The van der Waals surface area contributed by atoms with Gasteiger partial charge in [0.05, 0.1) is 0 Å². The number of hydrogen-bond donors (Lipinski definition) is 2. The average molecular weight is 282 g/mol. The van der Waals surface area contributed by atoms with E-state index in [0.29, 0.717) is 12.2 Å². The van der Waals surface area contributed by atoms with Crippen LogP contribution in [0.4, 0.5) is 0 Å². The van der Waals surface area contributed by atoms with Crippen LogP contribution >= 0.6 is 11.8 Å². The average Bonchev–Trinajstić information content (AvgIpc) is 2.36. The molecule has 104 valence electrons. The molecule has 19 heavy (non-hydrogen) atoms. The van der Waals surface area contributed by atoms with E-state index in [-0.39, 0.29) is 11.8 Å². The van der Waals surface area contributed by atoms with Crippen molar-refractivity contribution in [2.45, 2.75) is 30.9 Å². The number of nitrogens with zero attached hydrogens (tertiary/aromatic N) is 1. The van der Waals surface area contributed by atoms with Crippen molar-refractivity contribution < 1.29 is 14.7 Å². The van der Waals surface area contributed by atoms with Crippen LogP contribution in [0.5, 0.6) is 0 Å². The maximum atomic E-state index is 11.7. The molecule has 1 amide bonds. The highest BCUT2D eigenvalue weighted by atomic mass is 32.2. The van der Waals surface area contributed by atoms with Gasteiger partial charge in [-0.1, -0.05) is 13.8 Å². The van der Waals surface area contributed by atoms with Gasteiger partial charge in [0, 0.05) is 17.6 Å². The number of carboxylic acid groups (broad SMARTS) is 1. The Balaban J connectivity index is 2.87. The van der Waals surface area contributed by atoms with Gasteiger partial charge in [-0.25, -0.2) is 0 Å². The normalized spacial score (nSPS) is 12.2. The molecule has 0 aromatic carbocycles. The Bertz CT molecular complexity index is 463. The fraction of sp³-hybridized carbons (Fsp3) is 0.462. The van der Waals surface area contributed by atoms with E-state index in [1.807, 2.05) is 20.8 Å². The summed E-state index contributed by atoms with van der Waals surface area (Å²) in [5.74, 6) is -1.10. The quantitative estimate of drug-likeness (QED) is 0.780. The largest absolute Gasteiger partial charge is 0.480 e. The molecule has 0 saturated heterocycles. The Labute approximate surface area is 116 Å². The van der Waals surface area contributed by atoms with Gasteiger partial charge in [0.2, 0.25) is 0 Å². The van der Waals surface area contributed by atoms with Gasteiger partial charge in [0.15, 0.2) is 0 Å². The number of thioether (sulfide) groups is 1. The summed E-state index contributed by atoms with van der Waals surface area (Å²) in [6.07, 6.45) is 1.52. The predicted octanol–water partition coefficient (Wildman–Crippen LogP) is 2.03. The van der Waals surface area contributed by atoms with Crippen molar-refractivity contribution in [1.29, 1.82) is 0 Å². The molecule has 0 bridgehead atoms. The van der Waals surface area contributed by atoms with Crippen LogP contribution in [-0.4, -0.2) is 33.8 Å². The van der Waals surface area contributed by atoms with Crippen LogP contribution in [0, 0.1) is 5.92 Å². The predicted molar refractivity (Wildman–Crippen MR) is 74.4 cm³/mol. The lowest BCUT2D eigenvalue weighted by Gasteiger charge is -2.15. The molecule has 0 radical (unpaired) electrons. The fourth-order valence-corrected chi connectivity index (χ4v) is 2.46. The number of carboxylic acids is 1. The number of carbonyl (C=O) groups excluding carboxylic acids is 1. The Kier molecular flexibility index (Phi) is 5.82. The molecule has 1 aromatic rings. The maximum absolute atomic E-state index is 11.7. The Morgan fingerprint density at radius 1 is 1.47 bits per heavy atom. The molecule has 0 aliphatic heterocycles. The summed E-state index contributed by atoms with van der Waals surface area (Å²) in [6.45, 7) is 6.08. The summed E-state index contributed by atoms with van der Waals surface area (Å²) in [5.41, 5.74) is 0.305. The maximum Gasteiger partial charge on any atom is 0.317 e. The van der Waals surface area contributed by atoms with E-state index in [2.05, 4.69) is 10.3 Å². The van der Waals surface area contributed by atoms with Gasteiger partial charge in [-0.15, -0.1) is 11.8 Å². The van der Waals surface area contributed by atoms with E-state index in [4.69, 9.17) is 5.11 Å². The summed E-state index contributed by atoms with van der Waals surface area (Å²) in [5, 5.41) is 11.3. The molecule has 1 aromatic heterocycles. The number of aliphatic carboxylic acids is 1. The summed E-state index contributed by atoms with van der Waals surface area (Å²) < 4.78 is 0. The highest BCUT2D eigenvalue weighted by molar-refractivity contribution is 8.00. The Morgan fingerprint density at radius 3 is 2.68 bits per heavy atom. The van der Waals surface area contributed by atoms with E-state index >= 15 is 0 Å². The highest BCUT2D eigenvalue weighted by Crippen LogP contribution is 2.28. The zero-order valence-corrected chi connectivity index (χ0v) is 12.0. The van der Waals surface area contributed by atoms with Gasteiger partial charge < -0.3 is 10.4 Å².